The van der Waals surface area contributed by atoms with E-state index in [1.165, 1.54) is 0 Å². The molecule has 1 aliphatic heterocycles. The van der Waals surface area contributed by atoms with Crippen LogP contribution in [0.5, 0.6) is 0 Å². The highest BCUT2D eigenvalue weighted by atomic mass is 35.5. The number of rotatable bonds is 4. The predicted octanol–water partition coefficient (Wildman–Crippen LogP) is 2.50. The van der Waals surface area contributed by atoms with Crippen molar-refractivity contribution in [2.45, 2.75) is 39.0 Å². The third-order valence-corrected chi connectivity index (χ3v) is 4.59. The molecule has 1 aromatic carbocycles. The summed E-state index contributed by atoms with van der Waals surface area (Å²) in [5, 5.41) is 10.7. The summed E-state index contributed by atoms with van der Waals surface area (Å²) in [5.74, 6) is 1.68. The minimum absolute atomic E-state index is 0. The van der Waals surface area contributed by atoms with E-state index in [2.05, 4.69) is 38.9 Å². The molecular weight excluding hydrogens is 338 g/mol. The second-order valence-electron chi connectivity index (χ2n) is 6.60. The quantitative estimate of drug-likeness (QED) is 0.875. The molecule has 1 fully saturated rings. The van der Waals surface area contributed by atoms with Gasteiger partial charge in [-0.3, -0.25) is 10.1 Å². The van der Waals surface area contributed by atoms with E-state index in [-0.39, 0.29) is 18.3 Å². The van der Waals surface area contributed by atoms with E-state index in [4.69, 9.17) is 0 Å². The molecule has 0 saturated carbocycles. The third kappa shape index (κ3) is 4.80. The summed E-state index contributed by atoms with van der Waals surface area (Å²) in [5.41, 5.74) is 3.34. The van der Waals surface area contributed by atoms with Gasteiger partial charge in [0.2, 0.25) is 11.9 Å². The van der Waals surface area contributed by atoms with Crippen LogP contribution in [0, 0.1) is 13.8 Å². The van der Waals surface area contributed by atoms with Crippen LogP contribution < -0.4 is 10.6 Å². The lowest BCUT2D eigenvalue weighted by Crippen LogP contribution is -2.27. The summed E-state index contributed by atoms with van der Waals surface area (Å²) in [6.07, 6.45) is 2.43. The molecule has 2 aromatic rings. The van der Waals surface area contributed by atoms with Gasteiger partial charge in [-0.15, -0.1) is 12.4 Å². The molecule has 0 aliphatic carbocycles. The Morgan fingerprint density at radius 3 is 2.76 bits per heavy atom. The van der Waals surface area contributed by atoms with Crippen LogP contribution in [0.25, 0.3) is 0 Å². The highest BCUT2D eigenvalue weighted by Gasteiger charge is 2.21. The van der Waals surface area contributed by atoms with Crippen LogP contribution in [0.3, 0.4) is 0 Å². The first-order chi connectivity index (χ1) is 11.5. The van der Waals surface area contributed by atoms with Crippen LogP contribution in [0.1, 0.15) is 41.3 Å². The molecule has 7 heteroatoms. The van der Waals surface area contributed by atoms with Gasteiger partial charge in [0.05, 0.1) is 6.42 Å². The van der Waals surface area contributed by atoms with Gasteiger partial charge in [0, 0.05) is 13.0 Å². The molecule has 3 rings (SSSR count). The lowest BCUT2D eigenvalue weighted by molar-refractivity contribution is -0.115. The number of nitrogens with one attached hydrogen (secondary N) is 2. The highest BCUT2D eigenvalue weighted by Crippen LogP contribution is 2.23. The Hall–Kier alpha value is -1.92. The Bertz CT molecular complexity index is 737. The third-order valence-electron chi connectivity index (χ3n) is 4.59. The lowest BCUT2D eigenvalue weighted by atomic mass is 9.98. The van der Waals surface area contributed by atoms with E-state index in [0.29, 0.717) is 18.3 Å². The fraction of sp³-hybridized carbons (Fsp3) is 0.500. The number of hydrogen-bond acceptors (Lipinski definition) is 4. The number of anilines is 1. The number of aromatic nitrogens is 3. The standard InChI is InChI=1S/C18H25N5O.ClH/c1-12-4-5-13(2)15(10-12)11-16(24)20-18-21-17(22-23(18)3)14-6-8-19-9-7-14;/h4-5,10,14,19H,6-9,11H2,1-3H3,(H,20,21,22,24);1H. The van der Waals surface area contributed by atoms with Crippen molar-refractivity contribution >= 4 is 24.3 Å². The van der Waals surface area contributed by atoms with Crippen molar-refractivity contribution in [3.63, 3.8) is 0 Å². The van der Waals surface area contributed by atoms with Crippen molar-refractivity contribution < 1.29 is 4.79 Å². The van der Waals surface area contributed by atoms with Crippen molar-refractivity contribution in [2.24, 2.45) is 7.05 Å². The first-order valence-electron chi connectivity index (χ1n) is 8.50. The smallest absolute Gasteiger partial charge is 0.231 e. The highest BCUT2D eigenvalue weighted by molar-refractivity contribution is 5.90. The molecule has 1 amide bonds. The lowest BCUT2D eigenvalue weighted by Gasteiger charge is -2.19. The van der Waals surface area contributed by atoms with Gasteiger partial charge < -0.3 is 5.32 Å². The molecule has 1 saturated heterocycles. The molecule has 0 spiro atoms. The number of nitrogens with zero attached hydrogens (tertiary/aromatic N) is 3. The molecule has 1 aromatic heterocycles. The molecule has 2 heterocycles. The second kappa shape index (κ2) is 8.45. The molecule has 25 heavy (non-hydrogen) atoms. The number of carbonyl (C=O) groups is 1. The summed E-state index contributed by atoms with van der Waals surface area (Å²) < 4.78 is 1.67. The fourth-order valence-electron chi connectivity index (χ4n) is 3.10. The van der Waals surface area contributed by atoms with Gasteiger partial charge in [0.25, 0.3) is 0 Å². The number of carbonyl (C=O) groups excluding carboxylic acids is 1. The van der Waals surface area contributed by atoms with Gasteiger partial charge in [0.1, 0.15) is 0 Å². The monoisotopic (exact) mass is 363 g/mol. The molecule has 0 radical (unpaired) electrons. The Morgan fingerprint density at radius 2 is 2.04 bits per heavy atom. The van der Waals surface area contributed by atoms with Gasteiger partial charge in [-0.25, -0.2) is 4.68 Å². The zero-order chi connectivity index (χ0) is 17.1. The topological polar surface area (TPSA) is 71.8 Å². The van der Waals surface area contributed by atoms with E-state index < -0.39 is 0 Å². The van der Waals surface area contributed by atoms with E-state index in [1.807, 2.05) is 20.9 Å². The summed E-state index contributed by atoms with van der Waals surface area (Å²) in [6, 6.07) is 6.17. The van der Waals surface area contributed by atoms with Crippen molar-refractivity contribution in [1.82, 2.24) is 20.1 Å². The summed E-state index contributed by atoms with van der Waals surface area (Å²) in [4.78, 5) is 16.9. The van der Waals surface area contributed by atoms with Crippen LogP contribution in [-0.4, -0.2) is 33.8 Å². The number of hydrogen-bond donors (Lipinski definition) is 2. The molecule has 0 bridgehead atoms. The number of piperidine rings is 1. The second-order valence-corrected chi connectivity index (χ2v) is 6.60. The largest absolute Gasteiger partial charge is 0.317 e. The van der Waals surface area contributed by atoms with E-state index in [1.54, 1.807) is 4.68 Å². The molecule has 6 nitrogen and oxygen atoms in total. The van der Waals surface area contributed by atoms with Crippen molar-refractivity contribution in [1.29, 1.82) is 0 Å². The van der Waals surface area contributed by atoms with E-state index in [9.17, 15) is 4.79 Å². The fourth-order valence-corrected chi connectivity index (χ4v) is 3.10. The molecular formula is C18H26ClN5O. The van der Waals surface area contributed by atoms with Crippen LogP contribution in [0.15, 0.2) is 18.2 Å². The Morgan fingerprint density at radius 1 is 1.32 bits per heavy atom. The maximum atomic E-state index is 12.4. The van der Waals surface area contributed by atoms with Gasteiger partial charge in [-0.05, 0) is 50.9 Å². The van der Waals surface area contributed by atoms with Crippen molar-refractivity contribution in [3.05, 3.63) is 40.7 Å². The normalized spacial score (nSPS) is 14.8. The maximum absolute atomic E-state index is 12.4. The van der Waals surface area contributed by atoms with Crippen molar-refractivity contribution in [2.75, 3.05) is 18.4 Å². The maximum Gasteiger partial charge on any atom is 0.231 e. The molecule has 2 N–H and O–H groups in total. The average molecular weight is 364 g/mol. The van der Waals surface area contributed by atoms with Gasteiger partial charge >= 0.3 is 0 Å². The predicted molar refractivity (Wildman–Crippen MR) is 101 cm³/mol. The first kappa shape index (κ1) is 19.4. The number of aryl methyl sites for hydroxylation is 3. The minimum Gasteiger partial charge on any atom is -0.317 e. The number of benzene rings is 1. The SMILES string of the molecule is Cc1ccc(C)c(CC(=O)Nc2nc(C3CCNCC3)nn2C)c1.Cl. The zero-order valence-electron chi connectivity index (χ0n) is 15.0. The summed E-state index contributed by atoms with van der Waals surface area (Å²) in [6.45, 7) is 6.06. The molecule has 136 valence electrons. The number of halogens is 1. The molecule has 1 aliphatic rings. The minimum atomic E-state index is -0.0592. The Labute approximate surface area is 154 Å². The number of amides is 1. The van der Waals surface area contributed by atoms with Crippen LogP contribution in [0.2, 0.25) is 0 Å². The summed E-state index contributed by atoms with van der Waals surface area (Å²) >= 11 is 0. The Balaban J connectivity index is 0.00000225. The van der Waals surface area contributed by atoms with Gasteiger partial charge in [0.15, 0.2) is 5.82 Å². The van der Waals surface area contributed by atoms with Crippen molar-refractivity contribution in [3.8, 4) is 0 Å². The van der Waals surface area contributed by atoms with Crippen LogP contribution in [-0.2, 0) is 18.3 Å². The first-order valence-corrected chi connectivity index (χ1v) is 8.50. The van der Waals surface area contributed by atoms with Crippen LogP contribution >= 0.6 is 12.4 Å². The Kier molecular flexibility index (Phi) is 6.56. The zero-order valence-corrected chi connectivity index (χ0v) is 15.8. The van der Waals surface area contributed by atoms with Gasteiger partial charge in [-0.2, -0.15) is 10.1 Å². The van der Waals surface area contributed by atoms with Crippen LogP contribution in [0.4, 0.5) is 5.95 Å². The molecule has 0 unspecified atom stereocenters. The van der Waals surface area contributed by atoms with E-state index >= 15 is 0 Å². The van der Waals surface area contributed by atoms with E-state index in [0.717, 1.165) is 48.4 Å². The van der Waals surface area contributed by atoms with Gasteiger partial charge in [-0.1, -0.05) is 23.8 Å². The summed E-state index contributed by atoms with van der Waals surface area (Å²) in [7, 11) is 1.82. The average Bonchev–Trinajstić information content (AvgIpc) is 2.92. The molecule has 0 atom stereocenters.